The topological polar surface area (TPSA) is 52.7 Å². The molecule has 0 saturated carbocycles. The van der Waals surface area contributed by atoms with E-state index in [1.54, 1.807) is 15.9 Å². The highest BCUT2D eigenvalue weighted by Crippen LogP contribution is 2.49. The molecule has 2 aliphatic rings. The Bertz CT molecular complexity index is 1140. The van der Waals surface area contributed by atoms with Gasteiger partial charge in [0.1, 0.15) is 0 Å². The number of hydrogen-bond acceptors (Lipinski definition) is 3. The lowest BCUT2D eigenvalue weighted by Crippen LogP contribution is -2.63. The lowest BCUT2D eigenvalue weighted by Gasteiger charge is -2.45. The first-order valence-electron chi connectivity index (χ1n) is 9.78. The number of amides is 2. The van der Waals surface area contributed by atoms with Gasteiger partial charge in [-0.3, -0.25) is 14.5 Å². The molecule has 0 saturated heterocycles. The van der Waals surface area contributed by atoms with Gasteiger partial charge >= 0.3 is 0 Å². The number of benzene rings is 3. The van der Waals surface area contributed by atoms with E-state index in [2.05, 4.69) is 5.32 Å². The normalized spacial score (nSPS) is 19.9. The molecule has 1 N–H and O–H groups in total. The van der Waals surface area contributed by atoms with Crippen LogP contribution >= 0.6 is 0 Å². The van der Waals surface area contributed by atoms with E-state index in [0.717, 1.165) is 16.8 Å². The molecule has 0 fully saturated rings. The van der Waals surface area contributed by atoms with E-state index < -0.39 is 5.66 Å². The molecule has 0 radical (unpaired) electrons. The number of fused-ring (bicyclic) bond motifs is 3. The van der Waals surface area contributed by atoms with Crippen LogP contribution in [0.2, 0.25) is 0 Å². The van der Waals surface area contributed by atoms with Gasteiger partial charge in [-0.1, -0.05) is 48.0 Å². The van der Waals surface area contributed by atoms with Gasteiger partial charge in [0.15, 0.2) is 0 Å². The summed E-state index contributed by atoms with van der Waals surface area (Å²) in [5.41, 5.74) is 3.30. The Morgan fingerprint density at radius 3 is 2.34 bits per heavy atom. The maximum Gasteiger partial charge on any atom is 0.279 e. The third-order valence-electron chi connectivity index (χ3n) is 5.76. The predicted molar refractivity (Wildman–Crippen MR) is 114 cm³/mol. The van der Waals surface area contributed by atoms with E-state index in [9.17, 15) is 9.59 Å². The summed E-state index contributed by atoms with van der Waals surface area (Å²) in [5, 5.41) is 3.45. The summed E-state index contributed by atoms with van der Waals surface area (Å²) >= 11 is 0. The summed E-state index contributed by atoms with van der Waals surface area (Å²) in [6, 6.07) is 22.8. The van der Waals surface area contributed by atoms with E-state index in [1.165, 1.54) is 0 Å². The molecule has 5 heteroatoms. The standard InChI is InChI=1S/C24H21N3O2/c1-3-26-21-11-7-5-9-19(21)24(23(26)29)25-20-10-6-4-8-18(20)22(28)27(24)17-14-12-16(2)13-15-17/h4-15,25H,3H2,1-2H3/t24-/m1/s1. The maximum absolute atomic E-state index is 13.8. The third-order valence-corrected chi connectivity index (χ3v) is 5.76. The summed E-state index contributed by atoms with van der Waals surface area (Å²) < 4.78 is 0. The predicted octanol–water partition coefficient (Wildman–Crippen LogP) is 4.29. The monoisotopic (exact) mass is 383 g/mol. The SMILES string of the molecule is CCN1C(=O)[C@@]2(Nc3ccccc3C(=O)N2c2ccc(C)cc2)c2ccccc21. The lowest BCUT2D eigenvalue weighted by atomic mass is 9.92. The molecule has 5 nitrogen and oxygen atoms in total. The van der Waals surface area contributed by atoms with Gasteiger partial charge in [0.05, 0.1) is 11.3 Å². The minimum atomic E-state index is -1.31. The van der Waals surface area contributed by atoms with Crippen LogP contribution in [0.3, 0.4) is 0 Å². The first kappa shape index (κ1) is 17.5. The summed E-state index contributed by atoms with van der Waals surface area (Å²) in [6.45, 7) is 4.47. The maximum atomic E-state index is 13.8. The fourth-order valence-electron chi connectivity index (χ4n) is 4.39. The first-order valence-corrected chi connectivity index (χ1v) is 9.78. The number of carbonyl (C=O) groups is 2. The van der Waals surface area contributed by atoms with Crippen LogP contribution in [0.4, 0.5) is 17.1 Å². The second-order valence-corrected chi connectivity index (χ2v) is 7.42. The Kier molecular flexibility index (Phi) is 3.74. The smallest absolute Gasteiger partial charge is 0.279 e. The highest BCUT2D eigenvalue weighted by atomic mass is 16.2. The van der Waals surface area contributed by atoms with E-state index >= 15 is 0 Å². The molecule has 1 spiro atoms. The highest BCUT2D eigenvalue weighted by molar-refractivity contribution is 6.22. The van der Waals surface area contributed by atoms with Gasteiger partial charge in [0.2, 0.25) is 5.66 Å². The number of para-hydroxylation sites is 2. The van der Waals surface area contributed by atoms with Gasteiger partial charge in [-0.15, -0.1) is 0 Å². The van der Waals surface area contributed by atoms with Crippen LogP contribution in [0.15, 0.2) is 72.8 Å². The molecule has 2 amide bonds. The van der Waals surface area contributed by atoms with Crippen LogP contribution in [0.1, 0.15) is 28.4 Å². The Balaban J connectivity index is 1.83. The van der Waals surface area contributed by atoms with Crippen molar-refractivity contribution >= 4 is 28.9 Å². The highest BCUT2D eigenvalue weighted by Gasteiger charge is 2.59. The number of hydrogen-bond donors (Lipinski definition) is 1. The molecule has 0 bridgehead atoms. The fraction of sp³-hybridized carbons (Fsp3) is 0.167. The molecular formula is C24H21N3O2. The second-order valence-electron chi connectivity index (χ2n) is 7.42. The zero-order chi connectivity index (χ0) is 20.2. The number of nitrogens with zero attached hydrogens (tertiary/aromatic N) is 2. The van der Waals surface area contributed by atoms with Crippen LogP contribution in [0.25, 0.3) is 0 Å². The van der Waals surface area contributed by atoms with Gasteiger partial charge in [-0.2, -0.15) is 0 Å². The molecule has 3 aromatic carbocycles. The fourth-order valence-corrected chi connectivity index (χ4v) is 4.39. The van der Waals surface area contributed by atoms with Crippen molar-refractivity contribution in [2.45, 2.75) is 19.5 Å². The second kappa shape index (κ2) is 6.21. The summed E-state index contributed by atoms with van der Waals surface area (Å²) in [4.78, 5) is 30.9. The van der Waals surface area contributed by atoms with Crippen molar-refractivity contribution in [2.75, 3.05) is 21.7 Å². The molecule has 1 atom stereocenters. The molecule has 144 valence electrons. The number of rotatable bonds is 2. The van der Waals surface area contributed by atoms with Crippen molar-refractivity contribution in [3.05, 3.63) is 89.5 Å². The zero-order valence-electron chi connectivity index (χ0n) is 16.3. The Morgan fingerprint density at radius 1 is 0.897 bits per heavy atom. The van der Waals surface area contributed by atoms with E-state index in [1.807, 2.05) is 80.6 Å². The van der Waals surface area contributed by atoms with E-state index in [-0.39, 0.29) is 11.8 Å². The van der Waals surface area contributed by atoms with Crippen molar-refractivity contribution in [3.63, 3.8) is 0 Å². The van der Waals surface area contributed by atoms with Gasteiger partial charge in [-0.05, 0) is 44.2 Å². The molecular weight excluding hydrogens is 362 g/mol. The largest absolute Gasteiger partial charge is 0.350 e. The number of carbonyl (C=O) groups excluding carboxylic acids is 2. The first-order chi connectivity index (χ1) is 14.1. The van der Waals surface area contributed by atoms with E-state index in [0.29, 0.717) is 23.5 Å². The van der Waals surface area contributed by atoms with Crippen molar-refractivity contribution in [1.29, 1.82) is 0 Å². The van der Waals surface area contributed by atoms with Gasteiger partial charge in [0.25, 0.3) is 11.8 Å². The molecule has 0 aliphatic carbocycles. The van der Waals surface area contributed by atoms with Gasteiger partial charge in [0, 0.05) is 23.5 Å². The summed E-state index contributed by atoms with van der Waals surface area (Å²) in [6.07, 6.45) is 0. The van der Waals surface area contributed by atoms with Crippen LogP contribution in [0, 0.1) is 6.92 Å². The minimum Gasteiger partial charge on any atom is -0.350 e. The van der Waals surface area contributed by atoms with Gasteiger partial charge in [-0.25, -0.2) is 0 Å². The zero-order valence-corrected chi connectivity index (χ0v) is 16.3. The number of aryl methyl sites for hydroxylation is 1. The molecule has 5 rings (SSSR count). The number of likely N-dealkylation sites (N-methyl/N-ethyl adjacent to an activating group) is 1. The molecule has 3 aromatic rings. The number of nitrogens with one attached hydrogen (secondary N) is 1. The lowest BCUT2D eigenvalue weighted by molar-refractivity contribution is -0.122. The molecule has 2 heterocycles. The average Bonchev–Trinajstić information content (AvgIpc) is 2.97. The molecule has 29 heavy (non-hydrogen) atoms. The van der Waals surface area contributed by atoms with Crippen molar-refractivity contribution < 1.29 is 9.59 Å². The summed E-state index contributed by atoms with van der Waals surface area (Å²) in [7, 11) is 0. The van der Waals surface area contributed by atoms with Crippen LogP contribution in [0.5, 0.6) is 0 Å². The quantitative estimate of drug-likeness (QED) is 0.718. The Labute approximate surface area is 169 Å². The van der Waals surface area contributed by atoms with Crippen molar-refractivity contribution in [1.82, 2.24) is 0 Å². The molecule has 0 aromatic heterocycles. The van der Waals surface area contributed by atoms with Crippen LogP contribution < -0.4 is 15.1 Å². The minimum absolute atomic E-state index is 0.148. The van der Waals surface area contributed by atoms with E-state index in [4.69, 9.17) is 0 Å². The van der Waals surface area contributed by atoms with Gasteiger partial charge < -0.3 is 10.2 Å². The molecule has 2 aliphatic heterocycles. The van der Waals surface area contributed by atoms with Crippen LogP contribution in [-0.4, -0.2) is 18.4 Å². The Hall–Kier alpha value is -3.60. The summed E-state index contributed by atoms with van der Waals surface area (Å²) in [5.74, 6) is -0.339. The van der Waals surface area contributed by atoms with Crippen LogP contribution in [-0.2, 0) is 10.5 Å². The van der Waals surface area contributed by atoms with Crippen molar-refractivity contribution in [2.24, 2.45) is 0 Å². The Morgan fingerprint density at radius 2 is 1.59 bits per heavy atom. The third kappa shape index (κ3) is 2.27. The van der Waals surface area contributed by atoms with Crippen molar-refractivity contribution in [3.8, 4) is 0 Å². The average molecular weight is 383 g/mol. The number of anilines is 3. The molecule has 0 unspecified atom stereocenters.